The number of aromatic nitrogens is 3. The molecule has 0 spiro atoms. The summed E-state index contributed by atoms with van der Waals surface area (Å²) in [5.74, 6) is 2.09. The van der Waals surface area contributed by atoms with Gasteiger partial charge in [0.05, 0.1) is 0 Å². The highest BCUT2D eigenvalue weighted by Crippen LogP contribution is 2.29. The van der Waals surface area contributed by atoms with E-state index in [0.717, 1.165) is 36.6 Å². The molecule has 2 saturated heterocycles. The molecule has 28 heavy (non-hydrogen) atoms. The predicted octanol–water partition coefficient (Wildman–Crippen LogP) is 3.04. The number of H-pyrrole nitrogens is 1. The van der Waals surface area contributed by atoms with Crippen molar-refractivity contribution in [3.05, 3.63) is 35.9 Å². The normalized spacial score (nSPS) is 20.6. The van der Waals surface area contributed by atoms with Crippen LogP contribution in [0.5, 0.6) is 0 Å². The van der Waals surface area contributed by atoms with Gasteiger partial charge in [0, 0.05) is 42.8 Å². The molecule has 4 rings (SSSR count). The number of carbonyl (C=O) groups excluding carboxylic acids is 2. The van der Waals surface area contributed by atoms with Crippen molar-refractivity contribution in [3.8, 4) is 0 Å². The second-order valence-corrected chi connectivity index (χ2v) is 7.67. The van der Waals surface area contributed by atoms with E-state index in [0.29, 0.717) is 31.1 Å². The minimum atomic E-state index is -0.109. The Morgan fingerprint density at radius 1 is 1.25 bits per heavy atom. The maximum absolute atomic E-state index is 12.7. The Kier molecular flexibility index (Phi) is 5.02. The van der Waals surface area contributed by atoms with Crippen molar-refractivity contribution in [2.45, 2.75) is 51.5 Å². The highest BCUT2D eigenvalue weighted by atomic mass is 16.2. The number of hydrogen-bond acceptors (Lipinski definition) is 4. The second-order valence-electron chi connectivity index (χ2n) is 7.67. The summed E-state index contributed by atoms with van der Waals surface area (Å²) < 4.78 is 0. The number of amides is 3. The highest BCUT2D eigenvalue weighted by molar-refractivity contribution is 5.97. The van der Waals surface area contributed by atoms with E-state index in [1.165, 1.54) is 0 Å². The second kappa shape index (κ2) is 7.61. The third-order valence-corrected chi connectivity index (χ3v) is 5.62. The van der Waals surface area contributed by atoms with Gasteiger partial charge in [0.15, 0.2) is 5.82 Å². The molecule has 1 aromatic heterocycles. The van der Waals surface area contributed by atoms with Crippen LogP contribution in [0.25, 0.3) is 0 Å². The number of nitrogens with one attached hydrogen (secondary N) is 2. The zero-order chi connectivity index (χ0) is 19.7. The largest absolute Gasteiger partial charge is 0.324 e. The van der Waals surface area contributed by atoms with Crippen LogP contribution in [0.15, 0.2) is 24.3 Å². The number of nitrogens with zero attached hydrogens (tertiary/aromatic N) is 4. The molecule has 2 aliphatic rings. The standard InChI is InChI=1S/C20H26N6O2/c1-13-6-7-18(27)26(13)17-5-3-4-16(12-17)22-20(28)25-10-8-15(9-11-25)19-21-14(2)23-24-19/h3-5,12-13,15H,6-11H2,1-2H3,(H,22,28)(H,21,23,24)/t13-/m0/s1. The molecule has 0 bridgehead atoms. The monoisotopic (exact) mass is 382 g/mol. The number of piperidine rings is 1. The fourth-order valence-electron chi connectivity index (χ4n) is 4.05. The SMILES string of the molecule is Cc1nc(C2CCN(C(=O)Nc3cccc(N4C(=O)CC[C@@H]4C)c3)CC2)n[nH]1. The first-order valence-electron chi connectivity index (χ1n) is 9.88. The number of hydrogen-bond donors (Lipinski definition) is 2. The summed E-state index contributed by atoms with van der Waals surface area (Å²) in [5.41, 5.74) is 1.55. The first kappa shape index (κ1) is 18.5. The van der Waals surface area contributed by atoms with Crippen LogP contribution in [0.3, 0.4) is 0 Å². The van der Waals surface area contributed by atoms with Gasteiger partial charge in [-0.05, 0) is 51.3 Å². The van der Waals surface area contributed by atoms with Crippen LogP contribution in [0, 0.1) is 6.92 Å². The maximum atomic E-state index is 12.7. The molecule has 1 aromatic carbocycles. The van der Waals surface area contributed by atoms with Gasteiger partial charge in [0.25, 0.3) is 0 Å². The zero-order valence-corrected chi connectivity index (χ0v) is 16.3. The molecule has 2 fully saturated rings. The van der Waals surface area contributed by atoms with Gasteiger partial charge in [0.2, 0.25) is 5.91 Å². The van der Waals surface area contributed by atoms with E-state index in [1.54, 1.807) is 0 Å². The lowest BCUT2D eigenvalue weighted by Gasteiger charge is -2.31. The molecule has 1 atom stereocenters. The molecule has 0 radical (unpaired) electrons. The minimum Gasteiger partial charge on any atom is -0.324 e. The van der Waals surface area contributed by atoms with Crippen LogP contribution in [-0.2, 0) is 4.79 Å². The van der Waals surface area contributed by atoms with E-state index in [4.69, 9.17) is 0 Å². The van der Waals surface area contributed by atoms with Crippen molar-refractivity contribution >= 4 is 23.3 Å². The van der Waals surface area contributed by atoms with Crippen LogP contribution < -0.4 is 10.2 Å². The molecule has 0 aliphatic carbocycles. The van der Waals surface area contributed by atoms with E-state index in [-0.39, 0.29) is 18.0 Å². The number of aromatic amines is 1. The lowest BCUT2D eigenvalue weighted by Crippen LogP contribution is -2.40. The van der Waals surface area contributed by atoms with Crippen molar-refractivity contribution in [1.29, 1.82) is 0 Å². The average Bonchev–Trinajstić information content (AvgIpc) is 3.27. The Hall–Kier alpha value is -2.90. The Labute approximate surface area is 164 Å². The lowest BCUT2D eigenvalue weighted by atomic mass is 9.96. The van der Waals surface area contributed by atoms with Gasteiger partial charge in [-0.25, -0.2) is 9.78 Å². The van der Waals surface area contributed by atoms with Crippen LogP contribution in [0.1, 0.15) is 50.2 Å². The Morgan fingerprint density at radius 3 is 2.68 bits per heavy atom. The fourth-order valence-corrected chi connectivity index (χ4v) is 4.05. The zero-order valence-electron chi connectivity index (χ0n) is 16.3. The van der Waals surface area contributed by atoms with E-state index in [9.17, 15) is 9.59 Å². The van der Waals surface area contributed by atoms with E-state index in [2.05, 4.69) is 27.4 Å². The molecule has 148 valence electrons. The van der Waals surface area contributed by atoms with Crippen LogP contribution in [0.4, 0.5) is 16.2 Å². The van der Waals surface area contributed by atoms with Gasteiger partial charge >= 0.3 is 6.03 Å². The van der Waals surface area contributed by atoms with Crippen LogP contribution >= 0.6 is 0 Å². The quantitative estimate of drug-likeness (QED) is 0.853. The molecule has 8 nitrogen and oxygen atoms in total. The number of rotatable bonds is 3. The first-order valence-corrected chi connectivity index (χ1v) is 9.88. The molecule has 8 heteroatoms. The molecule has 0 unspecified atom stereocenters. The van der Waals surface area contributed by atoms with E-state index >= 15 is 0 Å². The van der Waals surface area contributed by atoms with Crippen molar-refractivity contribution in [3.63, 3.8) is 0 Å². The topological polar surface area (TPSA) is 94.2 Å². The Morgan fingerprint density at radius 2 is 2.04 bits per heavy atom. The Bertz CT molecular complexity index is 871. The molecule has 2 N–H and O–H groups in total. The number of likely N-dealkylation sites (tertiary alicyclic amines) is 1. The molecule has 2 aromatic rings. The van der Waals surface area contributed by atoms with Gasteiger partial charge < -0.3 is 15.1 Å². The third-order valence-electron chi connectivity index (χ3n) is 5.62. The molecule has 0 saturated carbocycles. The van der Waals surface area contributed by atoms with Crippen molar-refractivity contribution in [2.24, 2.45) is 0 Å². The summed E-state index contributed by atoms with van der Waals surface area (Å²) in [6.07, 6.45) is 3.15. The van der Waals surface area contributed by atoms with Crippen molar-refractivity contribution < 1.29 is 9.59 Å². The number of aryl methyl sites for hydroxylation is 1. The predicted molar refractivity (Wildman–Crippen MR) is 106 cm³/mol. The van der Waals surface area contributed by atoms with Crippen molar-refractivity contribution in [1.82, 2.24) is 20.1 Å². The summed E-state index contributed by atoms with van der Waals surface area (Å²) in [4.78, 5) is 32.9. The summed E-state index contributed by atoms with van der Waals surface area (Å²) in [7, 11) is 0. The highest BCUT2D eigenvalue weighted by Gasteiger charge is 2.29. The average molecular weight is 382 g/mol. The van der Waals surface area contributed by atoms with Gasteiger partial charge in [-0.15, -0.1) is 0 Å². The summed E-state index contributed by atoms with van der Waals surface area (Å²) in [6.45, 7) is 5.29. The minimum absolute atomic E-state index is 0.109. The van der Waals surface area contributed by atoms with Gasteiger partial charge in [-0.3, -0.25) is 9.89 Å². The van der Waals surface area contributed by atoms with E-state index < -0.39 is 0 Å². The van der Waals surface area contributed by atoms with Gasteiger partial charge in [-0.2, -0.15) is 5.10 Å². The smallest absolute Gasteiger partial charge is 0.321 e. The number of urea groups is 1. The lowest BCUT2D eigenvalue weighted by molar-refractivity contribution is -0.117. The van der Waals surface area contributed by atoms with Crippen molar-refractivity contribution in [2.75, 3.05) is 23.3 Å². The van der Waals surface area contributed by atoms with E-state index in [1.807, 2.05) is 41.0 Å². The molecule has 3 amide bonds. The summed E-state index contributed by atoms with van der Waals surface area (Å²) in [5, 5.41) is 10.1. The molecular formula is C20H26N6O2. The maximum Gasteiger partial charge on any atom is 0.321 e. The molecule has 2 aliphatic heterocycles. The van der Waals surface area contributed by atoms with Crippen LogP contribution in [0.2, 0.25) is 0 Å². The number of anilines is 2. The number of carbonyl (C=O) groups is 2. The molecule has 3 heterocycles. The summed E-state index contributed by atoms with van der Waals surface area (Å²) in [6, 6.07) is 7.61. The number of benzene rings is 1. The third kappa shape index (κ3) is 3.72. The summed E-state index contributed by atoms with van der Waals surface area (Å²) >= 11 is 0. The Balaban J connectivity index is 1.37. The van der Waals surface area contributed by atoms with Crippen LogP contribution in [-0.4, -0.2) is 51.2 Å². The van der Waals surface area contributed by atoms with Gasteiger partial charge in [0.1, 0.15) is 5.82 Å². The van der Waals surface area contributed by atoms with Gasteiger partial charge in [-0.1, -0.05) is 6.07 Å². The fraction of sp³-hybridized carbons (Fsp3) is 0.500. The molecular weight excluding hydrogens is 356 g/mol. The first-order chi connectivity index (χ1) is 13.5.